The number of nitrogens with one attached hydrogen (secondary N) is 1. The maximum atomic E-state index is 11.8. The number of amides is 3. The quantitative estimate of drug-likeness (QED) is 0.133. The van der Waals surface area contributed by atoms with Gasteiger partial charge in [-0.05, 0) is 12.8 Å². The first-order chi connectivity index (χ1) is 10.6. The molecule has 0 aromatic carbocycles. The first-order valence-electron chi connectivity index (χ1n) is 6.48. The molecule has 0 spiro atoms. The summed E-state index contributed by atoms with van der Waals surface area (Å²) in [5, 5.41) is 13.3. The van der Waals surface area contributed by atoms with Crippen LogP contribution in [-0.2, 0) is 33.4 Å². The zero-order valence-corrected chi connectivity index (χ0v) is 12.4. The lowest BCUT2D eigenvalue weighted by Crippen LogP contribution is -2.33. The molecule has 0 aromatic heterocycles. The highest BCUT2D eigenvalue weighted by molar-refractivity contribution is 7.96. The van der Waals surface area contributed by atoms with E-state index in [1.807, 2.05) is 0 Å². The summed E-state index contributed by atoms with van der Waals surface area (Å²) >= 11 is 0.445. The third kappa shape index (κ3) is 5.97. The van der Waals surface area contributed by atoms with Crippen molar-refractivity contribution in [3.63, 3.8) is 0 Å². The summed E-state index contributed by atoms with van der Waals surface area (Å²) < 4.78 is 4.10. The summed E-state index contributed by atoms with van der Waals surface area (Å²) in [6.07, 6.45) is 2.33. The van der Waals surface area contributed by atoms with Crippen molar-refractivity contribution in [1.29, 1.82) is 0 Å². The molecule has 3 amide bonds. The fourth-order valence-corrected chi connectivity index (χ4v) is 2.22. The summed E-state index contributed by atoms with van der Waals surface area (Å²) in [7, 11) is 0. The van der Waals surface area contributed by atoms with Crippen LogP contribution in [0.1, 0.15) is 32.1 Å². The van der Waals surface area contributed by atoms with Gasteiger partial charge in [0.2, 0.25) is 6.41 Å². The van der Waals surface area contributed by atoms with Crippen molar-refractivity contribution in [1.82, 2.24) is 10.4 Å². The van der Waals surface area contributed by atoms with Crippen molar-refractivity contribution < 1.29 is 38.6 Å². The van der Waals surface area contributed by atoms with E-state index >= 15 is 0 Å². The van der Waals surface area contributed by atoms with Crippen molar-refractivity contribution in [3.8, 4) is 0 Å². The van der Waals surface area contributed by atoms with Gasteiger partial charge in [-0.2, -0.15) is 0 Å². The second kappa shape index (κ2) is 10.1. The van der Waals surface area contributed by atoms with Crippen molar-refractivity contribution in [3.05, 3.63) is 0 Å². The lowest BCUT2D eigenvalue weighted by atomic mass is 10.2. The van der Waals surface area contributed by atoms with E-state index in [0.29, 0.717) is 49.3 Å². The van der Waals surface area contributed by atoms with Gasteiger partial charge in [-0.15, -0.1) is 9.40 Å². The average Bonchev–Trinajstić information content (AvgIpc) is 2.76. The number of nitrogens with zero attached hydrogens (tertiary/aromatic N) is 1. The monoisotopic (exact) mass is 336 g/mol. The fraction of sp³-hybridized carbons (Fsp3) is 0.636. The van der Waals surface area contributed by atoms with E-state index < -0.39 is 23.0 Å². The van der Waals surface area contributed by atoms with Crippen LogP contribution in [0.3, 0.4) is 0 Å². The van der Waals surface area contributed by atoms with Crippen LogP contribution in [0.2, 0.25) is 0 Å². The molecule has 0 saturated carbocycles. The Labute approximate surface area is 130 Å². The van der Waals surface area contributed by atoms with Gasteiger partial charge < -0.3 is 10.2 Å². The minimum atomic E-state index is -0.943. The van der Waals surface area contributed by atoms with Crippen LogP contribution >= 0.6 is 12.0 Å². The molecule has 124 valence electrons. The topological polar surface area (TPSA) is 131 Å². The molecule has 1 aliphatic heterocycles. The van der Waals surface area contributed by atoms with Gasteiger partial charge in [0.25, 0.3) is 11.8 Å². The molecule has 1 fully saturated rings. The minimum Gasteiger partial charge on any atom is -0.359 e. The summed E-state index contributed by atoms with van der Waals surface area (Å²) in [4.78, 5) is 49.6. The maximum Gasteiger partial charge on any atom is 0.333 e. The Balaban J connectivity index is 2.27. The molecule has 22 heavy (non-hydrogen) atoms. The number of carbonyl (C=O) groups excluding carboxylic acids is 4. The lowest BCUT2D eigenvalue weighted by Gasteiger charge is -2.13. The summed E-state index contributed by atoms with van der Waals surface area (Å²) in [6, 6.07) is 0. The molecule has 0 aliphatic carbocycles. The second-order valence-corrected chi connectivity index (χ2v) is 5.20. The summed E-state index contributed by atoms with van der Waals surface area (Å²) in [5.41, 5.74) is 0. The molecule has 1 saturated heterocycles. The average molecular weight is 336 g/mol. The molecule has 1 unspecified atom stereocenters. The van der Waals surface area contributed by atoms with Crippen LogP contribution in [0.5, 0.6) is 0 Å². The highest BCUT2D eigenvalue weighted by Crippen LogP contribution is 2.26. The van der Waals surface area contributed by atoms with Crippen LogP contribution in [0.25, 0.3) is 0 Å². The normalized spacial score (nSPS) is 17.7. The van der Waals surface area contributed by atoms with Gasteiger partial charge in [0.05, 0.1) is 6.42 Å². The highest BCUT2D eigenvalue weighted by atomic mass is 32.2. The largest absolute Gasteiger partial charge is 0.359 e. The third-order valence-corrected chi connectivity index (χ3v) is 3.47. The lowest BCUT2D eigenvalue weighted by molar-refractivity contribution is -0.432. The van der Waals surface area contributed by atoms with E-state index in [9.17, 15) is 19.2 Å². The molecular weight excluding hydrogens is 320 g/mol. The first-order valence-corrected chi connectivity index (χ1v) is 7.28. The van der Waals surface area contributed by atoms with E-state index in [1.165, 1.54) is 0 Å². The van der Waals surface area contributed by atoms with Crippen LogP contribution < -0.4 is 5.32 Å². The number of rotatable bonds is 11. The zero-order chi connectivity index (χ0) is 16.4. The number of hydrogen-bond donors (Lipinski definition) is 2. The van der Waals surface area contributed by atoms with Crippen LogP contribution in [0.4, 0.5) is 0 Å². The standard InChI is InChI=1S/C11H16N2O8S/c14-7-12-5-3-1-2-4-10(16)19-13-9(15)6-8(11(13)17)22-21-20-18/h7-8,18H,1-6H2,(H,12,14). The molecular formula is C11H16N2O8S. The van der Waals surface area contributed by atoms with Crippen LogP contribution in [0.15, 0.2) is 0 Å². The van der Waals surface area contributed by atoms with E-state index in [-0.39, 0.29) is 12.8 Å². The molecule has 0 radical (unpaired) electrons. The van der Waals surface area contributed by atoms with Crippen molar-refractivity contribution in [2.75, 3.05) is 6.54 Å². The molecule has 2 N–H and O–H groups in total. The molecule has 11 heteroatoms. The number of hydroxylamine groups is 2. The molecule has 1 rings (SSSR count). The predicted octanol–water partition coefficient (Wildman–Crippen LogP) is -0.0521. The van der Waals surface area contributed by atoms with Gasteiger partial charge >= 0.3 is 5.97 Å². The Kier molecular flexibility index (Phi) is 8.43. The third-order valence-electron chi connectivity index (χ3n) is 2.73. The Morgan fingerprint density at radius 1 is 1.41 bits per heavy atom. The molecule has 1 aliphatic rings. The van der Waals surface area contributed by atoms with E-state index in [2.05, 4.69) is 14.7 Å². The number of carbonyl (C=O) groups is 4. The molecule has 0 aromatic rings. The number of hydrogen-bond acceptors (Lipinski definition) is 9. The van der Waals surface area contributed by atoms with Gasteiger partial charge in [-0.25, -0.2) is 10.1 Å². The van der Waals surface area contributed by atoms with E-state index in [1.54, 1.807) is 0 Å². The number of unbranched alkanes of at least 4 members (excludes halogenated alkanes) is 2. The van der Waals surface area contributed by atoms with Crippen molar-refractivity contribution >= 4 is 36.2 Å². The Bertz CT molecular complexity index is 419. The van der Waals surface area contributed by atoms with Crippen molar-refractivity contribution in [2.45, 2.75) is 37.4 Å². The second-order valence-electron chi connectivity index (χ2n) is 4.30. The minimum absolute atomic E-state index is 0.0478. The van der Waals surface area contributed by atoms with E-state index in [0.717, 1.165) is 0 Å². The van der Waals surface area contributed by atoms with Gasteiger partial charge in [0.15, 0.2) is 0 Å². The highest BCUT2D eigenvalue weighted by Gasteiger charge is 2.43. The maximum absolute atomic E-state index is 11.8. The fourth-order valence-electron chi connectivity index (χ4n) is 1.70. The summed E-state index contributed by atoms with van der Waals surface area (Å²) in [6.45, 7) is 0.521. The Hall–Kier alpha value is -1.69. The smallest absolute Gasteiger partial charge is 0.333 e. The molecule has 0 bridgehead atoms. The Morgan fingerprint density at radius 2 is 2.18 bits per heavy atom. The predicted molar refractivity (Wildman–Crippen MR) is 71.3 cm³/mol. The number of imide groups is 1. The van der Waals surface area contributed by atoms with Gasteiger partial charge in [0.1, 0.15) is 5.25 Å². The zero-order valence-electron chi connectivity index (χ0n) is 11.6. The van der Waals surface area contributed by atoms with Gasteiger partial charge in [0, 0.05) is 25.0 Å². The first kappa shape index (κ1) is 18.4. The summed E-state index contributed by atoms with van der Waals surface area (Å²) in [5.74, 6) is -2.13. The van der Waals surface area contributed by atoms with Crippen molar-refractivity contribution in [2.24, 2.45) is 0 Å². The Morgan fingerprint density at radius 3 is 2.86 bits per heavy atom. The SMILES string of the molecule is O=CNCCCCCC(=O)ON1C(=O)CC(SOOO)C1=O. The molecule has 10 nitrogen and oxygen atoms in total. The van der Waals surface area contributed by atoms with Gasteiger partial charge in [-0.1, -0.05) is 11.5 Å². The van der Waals surface area contributed by atoms with Crippen LogP contribution in [-0.4, -0.2) is 46.3 Å². The molecule has 1 atom stereocenters. The van der Waals surface area contributed by atoms with Crippen LogP contribution in [0, 0.1) is 0 Å². The van der Waals surface area contributed by atoms with E-state index in [4.69, 9.17) is 10.1 Å². The van der Waals surface area contributed by atoms with Gasteiger partial charge in [-0.3, -0.25) is 14.4 Å². The molecule has 1 heterocycles.